The van der Waals surface area contributed by atoms with Crippen LogP contribution in [0, 0.1) is 5.92 Å². The molecule has 116 valence electrons. The van der Waals surface area contributed by atoms with Gasteiger partial charge in [0.15, 0.2) is 0 Å². The van der Waals surface area contributed by atoms with Crippen molar-refractivity contribution >= 4 is 12.0 Å². The highest BCUT2D eigenvalue weighted by Gasteiger charge is 2.27. The normalized spacial score (nSPS) is 20.7. The molecule has 1 fully saturated rings. The Morgan fingerprint density at radius 1 is 1.45 bits per heavy atom. The molecular formula is C14H27N3O3. The Labute approximate surface area is 121 Å². The fraction of sp³-hybridized carbons (Fsp3) is 0.857. The summed E-state index contributed by atoms with van der Waals surface area (Å²) in [5, 5.41) is 8.85. The van der Waals surface area contributed by atoms with Gasteiger partial charge in [-0.3, -0.25) is 4.79 Å². The second-order valence-corrected chi connectivity index (χ2v) is 5.81. The van der Waals surface area contributed by atoms with E-state index in [-0.39, 0.29) is 18.5 Å². The fourth-order valence-corrected chi connectivity index (χ4v) is 2.86. The number of hydrogen-bond donors (Lipinski definition) is 1. The average molecular weight is 285 g/mol. The van der Waals surface area contributed by atoms with Crippen LogP contribution in [0.3, 0.4) is 0 Å². The molecule has 0 aromatic carbocycles. The smallest absolute Gasteiger partial charge is 0.319 e. The first-order valence-corrected chi connectivity index (χ1v) is 7.27. The highest BCUT2D eigenvalue weighted by molar-refractivity contribution is 5.75. The van der Waals surface area contributed by atoms with Crippen molar-refractivity contribution in [3.63, 3.8) is 0 Å². The van der Waals surface area contributed by atoms with Gasteiger partial charge in [0.1, 0.15) is 0 Å². The lowest BCUT2D eigenvalue weighted by Crippen LogP contribution is -2.47. The molecule has 2 amide bonds. The van der Waals surface area contributed by atoms with E-state index in [1.165, 1.54) is 0 Å². The third kappa shape index (κ3) is 4.67. The van der Waals surface area contributed by atoms with Gasteiger partial charge in [-0.15, -0.1) is 0 Å². The number of rotatable bonds is 6. The Balaban J connectivity index is 2.54. The standard InChI is InChI=1S/C14H27N3O3/c1-5-17(11(2)8-13(18)19)14(20)16(4)10-12-6-7-15(3)9-12/h11-12H,5-10H2,1-4H3,(H,18,19). The topological polar surface area (TPSA) is 64.1 Å². The van der Waals surface area contributed by atoms with Crippen LogP contribution in [0.4, 0.5) is 4.79 Å². The minimum Gasteiger partial charge on any atom is -0.481 e. The van der Waals surface area contributed by atoms with Crippen molar-refractivity contribution in [2.75, 3.05) is 40.3 Å². The van der Waals surface area contributed by atoms with Crippen LogP contribution < -0.4 is 0 Å². The summed E-state index contributed by atoms with van der Waals surface area (Å²) in [5.41, 5.74) is 0. The number of carbonyl (C=O) groups is 2. The first kappa shape index (κ1) is 16.8. The molecule has 2 atom stereocenters. The summed E-state index contributed by atoms with van der Waals surface area (Å²) in [6.07, 6.45) is 1.10. The Bertz CT molecular complexity index is 349. The van der Waals surface area contributed by atoms with Gasteiger partial charge in [-0.05, 0) is 39.8 Å². The predicted molar refractivity (Wildman–Crippen MR) is 77.7 cm³/mol. The molecule has 1 N–H and O–H groups in total. The summed E-state index contributed by atoms with van der Waals surface area (Å²) in [5.74, 6) is -0.355. The minimum atomic E-state index is -0.871. The Kier molecular flexibility index (Phi) is 6.26. The SMILES string of the molecule is CCN(C(=O)N(C)CC1CCN(C)C1)C(C)CC(=O)O. The Morgan fingerprint density at radius 3 is 2.55 bits per heavy atom. The minimum absolute atomic E-state index is 0.0143. The van der Waals surface area contributed by atoms with Gasteiger partial charge in [0.2, 0.25) is 0 Å². The van der Waals surface area contributed by atoms with Crippen molar-refractivity contribution in [1.29, 1.82) is 0 Å². The van der Waals surface area contributed by atoms with E-state index in [0.717, 1.165) is 26.1 Å². The summed E-state index contributed by atoms with van der Waals surface area (Å²) >= 11 is 0. The maximum Gasteiger partial charge on any atom is 0.319 e. The van der Waals surface area contributed by atoms with Crippen molar-refractivity contribution in [3.8, 4) is 0 Å². The molecule has 1 aliphatic heterocycles. The van der Waals surface area contributed by atoms with Gasteiger partial charge in [0.05, 0.1) is 6.42 Å². The molecule has 0 spiro atoms. The Hall–Kier alpha value is -1.30. The predicted octanol–water partition coefficient (Wildman–Crippen LogP) is 1.18. The molecule has 20 heavy (non-hydrogen) atoms. The van der Waals surface area contributed by atoms with E-state index in [2.05, 4.69) is 11.9 Å². The summed E-state index contributed by atoms with van der Waals surface area (Å²) < 4.78 is 0. The van der Waals surface area contributed by atoms with E-state index in [0.29, 0.717) is 12.5 Å². The quantitative estimate of drug-likeness (QED) is 0.796. The monoisotopic (exact) mass is 285 g/mol. The van der Waals surface area contributed by atoms with Crippen LogP contribution in [0.1, 0.15) is 26.7 Å². The van der Waals surface area contributed by atoms with E-state index in [9.17, 15) is 9.59 Å². The van der Waals surface area contributed by atoms with Crippen LogP contribution in [-0.4, -0.2) is 78.1 Å². The highest BCUT2D eigenvalue weighted by atomic mass is 16.4. The summed E-state index contributed by atoms with van der Waals surface area (Å²) in [6, 6.07) is -0.352. The molecule has 2 unspecified atom stereocenters. The number of amides is 2. The van der Waals surface area contributed by atoms with Crippen LogP contribution in [0.2, 0.25) is 0 Å². The van der Waals surface area contributed by atoms with Crippen LogP contribution in [0.15, 0.2) is 0 Å². The lowest BCUT2D eigenvalue weighted by atomic mass is 10.1. The molecule has 0 saturated carbocycles. The van der Waals surface area contributed by atoms with Crippen molar-refractivity contribution in [1.82, 2.24) is 14.7 Å². The number of aliphatic carboxylic acids is 1. The summed E-state index contributed by atoms with van der Waals surface area (Å²) in [7, 11) is 3.89. The molecule has 0 aromatic heterocycles. The van der Waals surface area contributed by atoms with E-state index in [1.807, 2.05) is 6.92 Å². The van der Waals surface area contributed by atoms with E-state index in [1.54, 1.807) is 23.8 Å². The first-order chi connectivity index (χ1) is 9.35. The molecule has 1 heterocycles. The number of urea groups is 1. The Morgan fingerprint density at radius 2 is 2.10 bits per heavy atom. The summed E-state index contributed by atoms with van der Waals surface area (Å²) in [4.78, 5) is 28.8. The van der Waals surface area contributed by atoms with Crippen LogP contribution in [0.5, 0.6) is 0 Å². The highest BCUT2D eigenvalue weighted by Crippen LogP contribution is 2.16. The number of likely N-dealkylation sites (tertiary alicyclic amines) is 1. The van der Waals surface area contributed by atoms with Gasteiger partial charge < -0.3 is 19.8 Å². The van der Waals surface area contributed by atoms with Gasteiger partial charge in [0, 0.05) is 32.7 Å². The average Bonchev–Trinajstić information content (AvgIpc) is 2.74. The lowest BCUT2D eigenvalue weighted by molar-refractivity contribution is -0.138. The third-order valence-electron chi connectivity index (χ3n) is 3.94. The number of hydrogen-bond acceptors (Lipinski definition) is 3. The number of carboxylic acid groups (broad SMARTS) is 1. The zero-order valence-electron chi connectivity index (χ0n) is 13.0. The summed E-state index contributed by atoms with van der Waals surface area (Å²) in [6.45, 7) is 7.04. The molecule has 6 heteroatoms. The lowest BCUT2D eigenvalue weighted by Gasteiger charge is -2.32. The molecule has 0 aliphatic carbocycles. The van der Waals surface area contributed by atoms with Gasteiger partial charge in [-0.2, -0.15) is 0 Å². The molecule has 1 saturated heterocycles. The van der Waals surface area contributed by atoms with Gasteiger partial charge in [-0.1, -0.05) is 0 Å². The second kappa shape index (κ2) is 7.47. The van der Waals surface area contributed by atoms with E-state index >= 15 is 0 Å². The zero-order chi connectivity index (χ0) is 15.3. The number of carboxylic acids is 1. The van der Waals surface area contributed by atoms with Gasteiger partial charge in [0.25, 0.3) is 0 Å². The van der Waals surface area contributed by atoms with Crippen molar-refractivity contribution in [3.05, 3.63) is 0 Å². The molecule has 0 radical (unpaired) electrons. The second-order valence-electron chi connectivity index (χ2n) is 5.81. The van der Waals surface area contributed by atoms with Crippen LogP contribution in [-0.2, 0) is 4.79 Å². The number of carbonyl (C=O) groups excluding carboxylic acids is 1. The third-order valence-corrected chi connectivity index (χ3v) is 3.94. The molecule has 0 bridgehead atoms. The van der Waals surface area contributed by atoms with E-state index in [4.69, 9.17) is 5.11 Å². The fourth-order valence-electron chi connectivity index (χ4n) is 2.86. The zero-order valence-corrected chi connectivity index (χ0v) is 13.0. The number of nitrogens with zero attached hydrogens (tertiary/aromatic N) is 3. The van der Waals surface area contributed by atoms with Crippen molar-refractivity contribution < 1.29 is 14.7 Å². The molecule has 6 nitrogen and oxygen atoms in total. The largest absolute Gasteiger partial charge is 0.481 e. The van der Waals surface area contributed by atoms with Crippen LogP contribution in [0.25, 0.3) is 0 Å². The first-order valence-electron chi connectivity index (χ1n) is 7.27. The molecule has 1 aliphatic rings. The van der Waals surface area contributed by atoms with E-state index < -0.39 is 5.97 Å². The van der Waals surface area contributed by atoms with Gasteiger partial charge in [-0.25, -0.2) is 4.79 Å². The molecular weight excluding hydrogens is 258 g/mol. The molecule has 0 aromatic rings. The maximum atomic E-state index is 12.4. The van der Waals surface area contributed by atoms with Crippen molar-refractivity contribution in [2.45, 2.75) is 32.7 Å². The maximum absolute atomic E-state index is 12.4. The molecule has 1 rings (SSSR count). The van der Waals surface area contributed by atoms with Crippen LogP contribution >= 0.6 is 0 Å². The van der Waals surface area contributed by atoms with Crippen molar-refractivity contribution in [2.24, 2.45) is 5.92 Å². The van der Waals surface area contributed by atoms with Gasteiger partial charge >= 0.3 is 12.0 Å².